The Bertz CT molecular complexity index is 433. The zero-order valence-electron chi connectivity index (χ0n) is 7.52. The molecule has 5 heteroatoms. The van der Waals surface area contributed by atoms with Gasteiger partial charge >= 0.3 is 0 Å². The van der Waals surface area contributed by atoms with E-state index in [1.165, 1.54) is 12.4 Å². The lowest BCUT2D eigenvalue weighted by atomic mass is 10.3. The van der Waals surface area contributed by atoms with Crippen molar-refractivity contribution in [2.45, 2.75) is 0 Å². The summed E-state index contributed by atoms with van der Waals surface area (Å²) in [5.74, 6) is 0.744. The van der Waals surface area contributed by atoms with Crippen molar-refractivity contribution in [2.24, 2.45) is 0 Å². The fraction of sp³-hybridized carbons (Fsp3) is 0. The summed E-state index contributed by atoms with van der Waals surface area (Å²) in [7, 11) is 0. The molecule has 15 heavy (non-hydrogen) atoms. The highest BCUT2D eigenvalue weighted by atomic mass is 35.5. The van der Waals surface area contributed by atoms with Gasteiger partial charge < -0.3 is 4.74 Å². The normalized spacial score (nSPS) is 10.0. The van der Waals surface area contributed by atoms with Gasteiger partial charge in [-0.05, 0) is 12.1 Å². The van der Waals surface area contributed by atoms with E-state index in [0.29, 0.717) is 10.8 Å². The Morgan fingerprint density at radius 1 is 1.00 bits per heavy atom. The van der Waals surface area contributed by atoms with Crippen LogP contribution in [0.3, 0.4) is 0 Å². The van der Waals surface area contributed by atoms with Crippen molar-refractivity contribution >= 4 is 23.2 Å². The fourth-order valence-electron chi connectivity index (χ4n) is 1.01. The Labute approximate surface area is 96.6 Å². The molecular formula is C10H6Cl2N2O. The quantitative estimate of drug-likeness (QED) is 0.805. The second-order valence-corrected chi connectivity index (χ2v) is 3.45. The van der Waals surface area contributed by atoms with Crippen molar-refractivity contribution in [3.63, 3.8) is 0 Å². The van der Waals surface area contributed by atoms with E-state index in [9.17, 15) is 0 Å². The molecule has 0 bridgehead atoms. The zero-order valence-corrected chi connectivity index (χ0v) is 9.03. The summed E-state index contributed by atoms with van der Waals surface area (Å²) in [6.45, 7) is 0. The van der Waals surface area contributed by atoms with E-state index in [1.807, 2.05) is 12.1 Å². The molecular weight excluding hydrogens is 235 g/mol. The van der Waals surface area contributed by atoms with Gasteiger partial charge in [0.25, 0.3) is 5.88 Å². The number of nitrogens with zero attached hydrogens (tertiary/aromatic N) is 2. The predicted octanol–water partition coefficient (Wildman–Crippen LogP) is 3.58. The molecule has 1 aromatic heterocycles. The number of aromatic nitrogens is 2. The van der Waals surface area contributed by atoms with Crippen molar-refractivity contribution in [3.05, 3.63) is 46.8 Å². The van der Waals surface area contributed by atoms with Crippen LogP contribution in [0.15, 0.2) is 36.7 Å². The fourth-order valence-corrected chi connectivity index (χ4v) is 1.33. The number of hydrogen-bond acceptors (Lipinski definition) is 3. The molecule has 0 aliphatic rings. The van der Waals surface area contributed by atoms with Crippen LogP contribution in [0, 0.1) is 0 Å². The van der Waals surface area contributed by atoms with E-state index in [4.69, 9.17) is 27.9 Å². The SMILES string of the molecule is Clc1ccccc1Oc1nccnc1Cl. The van der Waals surface area contributed by atoms with Gasteiger partial charge in [-0.15, -0.1) is 0 Å². The van der Waals surface area contributed by atoms with Crippen molar-refractivity contribution in [1.29, 1.82) is 0 Å². The highest BCUT2D eigenvalue weighted by Gasteiger charge is 2.06. The lowest BCUT2D eigenvalue weighted by molar-refractivity contribution is 0.460. The summed E-state index contributed by atoms with van der Waals surface area (Å²) in [5.41, 5.74) is 0. The van der Waals surface area contributed by atoms with Gasteiger partial charge in [-0.1, -0.05) is 35.3 Å². The molecule has 3 nitrogen and oxygen atoms in total. The van der Waals surface area contributed by atoms with E-state index < -0.39 is 0 Å². The second-order valence-electron chi connectivity index (χ2n) is 2.68. The van der Waals surface area contributed by atoms with E-state index in [0.717, 1.165) is 0 Å². The molecule has 0 aliphatic heterocycles. The standard InChI is InChI=1S/C10H6Cl2N2O/c11-7-3-1-2-4-8(7)15-10-9(12)13-5-6-14-10/h1-6H. The van der Waals surface area contributed by atoms with Crippen LogP contribution in [-0.2, 0) is 0 Å². The van der Waals surface area contributed by atoms with Gasteiger partial charge in [0.05, 0.1) is 5.02 Å². The number of ether oxygens (including phenoxy) is 1. The molecule has 0 radical (unpaired) electrons. The third kappa shape index (κ3) is 2.37. The van der Waals surface area contributed by atoms with Crippen molar-refractivity contribution in [2.75, 3.05) is 0 Å². The van der Waals surface area contributed by atoms with Crippen LogP contribution in [-0.4, -0.2) is 9.97 Å². The van der Waals surface area contributed by atoms with Crippen LogP contribution in [0.5, 0.6) is 11.6 Å². The molecule has 0 unspecified atom stereocenters. The minimum atomic E-state index is 0.206. The number of para-hydroxylation sites is 1. The summed E-state index contributed by atoms with van der Waals surface area (Å²) >= 11 is 11.7. The van der Waals surface area contributed by atoms with Crippen LogP contribution in [0.2, 0.25) is 10.2 Å². The predicted molar refractivity (Wildman–Crippen MR) is 58.6 cm³/mol. The van der Waals surface area contributed by atoms with Gasteiger partial charge in [0, 0.05) is 12.4 Å². The van der Waals surface area contributed by atoms with E-state index >= 15 is 0 Å². The molecule has 0 N–H and O–H groups in total. The zero-order chi connectivity index (χ0) is 10.7. The molecule has 0 amide bonds. The maximum atomic E-state index is 5.91. The van der Waals surface area contributed by atoms with Gasteiger partial charge in [0.1, 0.15) is 5.75 Å². The third-order valence-corrected chi connectivity index (χ3v) is 2.24. The van der Waals surface area contributed by atoms with Crippen LogP contribution >= 0.6 is 23.2 Å². The molecule has 0 fully saturated rings. The molecule has 0 saturated heterocycles. The number of rotatable bonds is 2. The van der Waals surface area contributed by atoms with Crippen molar-refractivity contribution < 1.29 is 4.74 Å². The van der Waals surface area contributed by atoms with Crippen LogP contribution in [0.4, 0.5) is 0 Å². The molecule has 0 spiro atoms. The Kier molecular flexibility index (Phi) is 3.04. The van der Waals surface area contributed by atoms with E-state index in [-0.39, 0.29) is 11.0 Å². The average Bonchev–Trinajstić information content (AvgIpc) is 2.24. The Balaban J connectivity index is 2.30. The minimum absolute atomic E-state index is 0.206. The highest BCUT2D eigenvalue weighted by molar-refractivity contribution is 6.32. The monoisotopic (exact) mass is 240 g/mol. The number of benzene rings is 1. The molecule has 2 rings (SSSR count). The van der Waals surface area contributed by atoms with Crippen LogP contribution in [0.25, 0.3) is 0 Å². The number of hydrogen-bond donors (Lipinski definition) is 0. The lowest BCUT2D eigenvalue weighted by Gasteiger charge is -2.06. The molecule has 76 valence electrons. The highest BCUT2D eigenvalue weighted by Crippen LogP contribution is 2.30. The van der Waals surface area contributed by atoms with Gasteiger partial charge in [-0.2, -0.15) is 0 Å². The molecule has 0 aliphatic carbocycles. The van der Waals surface area contributed by atoms with Gasteiger partial charge in [0.2, 0.25) is 0 Å². The first-order chi connectivity index (χ1) is 7.27. The molecule has 0 atom stereocenters. The number of halogens is 2. The van der Waals surface area contributed by atoms with Gasteiger partial charge in [-0.25, -0.2) is 9.97 Å². The maximum Gasteiger partial charge on any atom is 0.257 e. The molecule has 2 aromatic rings. The first-order valence-electron chi connectivity index (χ1n) is 4.16. The average molecular weight is 241 g/mol. The molecule has 1 aromatic carbocycles. The first-order valence-corrected chi connectivity index (χ1v) is 4.92. The first kappa shape index (κ1) is 10.2. The summed E-state index contributed by atoms with van der Waals surface area (Å²) < 4.78 is 5.40. The second kappa shape index (κ2) is 4.47. The maximum absolute atomic E-state index is 5.91. The topological polar surface area (TPSA) is 35.0 Å². The Morgan fingerprint density at radius 3 is 2.47 bits per heavy atom. The minimum Gasteiger partial charge on any atom is -0.435 e. The largest absolute Gasteiger partial charge is 0.435 e. The van der Waals surface area contributed by atoms with Crippen molar-refractivity contribution in [1.82, 2.24) is 9.97 Å². The smallest absolute Gasteiger partial charge is 0.257 e. The Morgan fingerprint density at radius 2 is 1.73 bits per heavy atom. The van der Waals surface area contributed by atoms with Gasteiger partial charge in [-0.3, -0.25) is 0 Å². The van der Waals surface area contributed by atoms with E-state index in [1.54, 1.807) is 12.1 Å². The summed E-state index contributed by atoms with van der Waals surface area (Å²) in [4.78, 5) is 7.78. The van der Waals surface area contributed by atoms with Gasteiger partial charge in [0.15, 0.2) is 5.15 Å². The van der Waals surface area contributed by atoms with Crippen molar-refractivity contribution in [3.8, 4) is 11.6 Å². The Hall–Kier alpha value is -1.32. The van der Waals surface area contributed by atoms with E-state index in [2.05, 4.69) is 9.97 Å². The summed E-state index contributed by atoms with van der Waals surface area (Å²) in [6.07, 6.45) is 2.99. The van der Waals surface area contributed by atoms with Crippen LogP contribution < -0.4 is 4.74 Å². The summed E-state index contributed by atoms with van der Waals surface area (Å²) in [6, 6.07) is 7.08. The molecule has 1 heterocycles. The third-order valence-electron chi connectivity index (χ3n) is 1.67. The molecule has 0 saturated carbocycles. The van der Waals surface area contributed by atoms with Crippen LogP contribution in [0.1, 0.15) is 0 Å². The lowest BCUT2D eigenvalue weighted by Crippen LogP contribution is -1.90. The summed E-state index contributed by atoms with van der Waals surface area (Å²) in [5, 5.41) is 0.705.